The number of thioether (sulfide) groups is 1. The molecular formula is C14H12N2O4S2. The Morgan fingerprint density at radius 1 is 1.50 bits per heavy atom. The Labute approximate surface area is 136 Å². The Balaban J connectivity index is 1.99. The van der Waals surface area contributed by atoms with Crippen LogP contribution < -0.4 is 15.0 Å². The number of hydrogen-bond acceptors (Lipinski definition) is 5. The van der Waals surface area contributed by atoms with Crippen molar-refractivity contribution in [2.75, 3.05) is 18.1 Å². The Hall–Kier alpha value is -2.06. The van der Waals surface area contributed by atoms with E-state index >= 15 is 0 Å². The average Bonchev–Trinajstić information content (AvgIpc) is 2.68. The lowest BCUT2D eigenvalue weighted by Crippen LogP contribution is -2.29. The number of benzene rings is 1. The first kappa shape index (κ1) is 14.9. The molecule has 2 amide bonds. The maximum atomic E-state index is 11.7. The number of rotatable bonds is 1. The van der Waals surface area contributed by atoms with Crippen molar-refractivity contribution in [1.82, 2.24) is 5.32 Å². The van der Waals surface area contributed by atoms with Gasteiger partial charge in [0, 0.05) is 6.54 Å². The zero-order valence-electron chi connectivity index (χ0n) is 11.4. The van der Waals surface area contributed by atoms with Gasteiger partial charge < -0.3 is 15.2 Å². The highest BCUT2D eigenvalue weighted by Gasteiger charge is 2.24. The third kappa shape index (κ3) is 2.93. The van der Waals surface area contributed by atoms with E-state index in [9.17, 15) is 14.7 Å². The molecule has 2 heterocycles. The molecule has 3 rings (SSSR count). The lowest BCUT2D eigenvalue weighted by atomic mass is 10.1. The van der Waals surface area contributed by atoms with Crippen LogP contribution in [0.5, 0.6) is 5.75 Å². The molecule has 0 spiro atoms. The standard InChI is InChI=1S/C14H12N2O4S2/c17-12-11(22-13(21)15-12)7-8-2-3-10-9(6-8)16(14(18)19)4-1-5-20-10/h2-3,6-7H,1,4-5H2,(H,18,19)(H,15,17,21). The molecular weight excluding hydrogens is 324 g/mol. The molecule has 6 nitrogen and oxygen atoms in total. The number of carbonyl (C=O) groups excluding carboxylic acids is 1. The van der Waals surface area contributed by atoms with Crippen LogP contribution in [0.1, 0.15) is 12.0 Å². The van der Waals surface area contributed by atoms with Crippen LogP contribution in [-0.4, -0.2) is 34.6 Å². The first-order chi connectivity index (χ1) is 10.5. The fraction of sp³-hybridized carbons (Fsp3) is 0.214. The smallest absolute Gasteiger partial charge is 0.411 e. The van der Waals surface area contributed by atoms with Crippen LogP contribution in [0.2, 0.25) is 0 Å². The van der Waals surface area contributed by atoms with Crippen molar-refractivity contribution < 1.29 is 19.4 Å². The Morgan fingerprint density at radius 2 is 2.32 bits per heavy atom. The number of amides is 2. The molecule has 114 valence electrons. The zero-order valence-corrected chi connectivity index (χ0v) is 13.0. The van der Waals surface area contributed by atoms with Crippen molar-refractivity contribution in [3.8, 4) is 5.75 Å². The summed E-state index contributed by atoms with van der Waals surface area (Å²) in [6.07, 6.45) is 1.29. The first-order valence-electron chi connectivity index (χ1n) is 6.57. The van der Waals surface area contributed by atoms with Gasteiger partial charge in [0.2, 0.25) is 0 Å². The van der Waals surface area contributed by atoms with Crippen molar-refractivity contribution >= 4 is 52.1 Å². The normalized spacial score (nSPS) is 19.5. The molecule has 2 aliphatic heterocycles. The highest BCUT2D eigenvalue weighted by atomic mass is 32.2. The summed E-state index contributed by atoms with van der Waals surface area (Å²) in [6, 6.07) is 5.21. The molecule has 0 unspecified atom stereocenters. The van der Waals surface area contributed by atoms with Crippen LogP contribution in [0, 0.1) is 0 Å². The maximum absolute atomic E-state index is 11.7. The van der Waals surface area contributed by atoms with Gasteiger partial charge in [-0.2, -0.15) is 0 Å². The number of ether oxygens (including phenoxy) is 1. The molecule has 0 bridgehead atoms. The largest absolute Gasteiger partial charge is 0.491 e. The highest BCUT2D eigenvalue weighted by Crippen LogP contribution is 2.34. The molecule has 8 heteroatoms. The van der Waals surface area contributed by atoms with Gasteiger partial charge in [-0.15, -0.1) is 0 Å². The van der Waals surface area contributed by atoms with Gasteiger partial charge in [-0.1, -0.05) is 30.0 Å². The number of carbonyl (C=O) groups is 2. The molecule has 0 aromatic heterocycles. The van der Waals surface area contributed by atoms with Crippen LogP contribution in [0.3, 0.4) is 0 Å². The zero-order chi connectivity index (χ0) is 15.7. The maximum Gasteiger partial charge on any atom is 0.411 e. The topological polar surface area (TPSA) is 78.9 Å². The molecule has 2 aliphatic rings. The molecule has 0 radical (unpaired) electrons. The molecule has 1 aromatic carbocycles. The summed E-state index contributed by atoms with van der Waals surface area (Å²) in [5, 5.41) is 11.9. The molecule has 0 saturated carbocycles. The van der Waals surface area contributed by atoms with E-state index in [1.165, 1.54) is 16.7 Å². The summed E-state index contributed by atoms with van der Waals surface area (Å²) >= 11 is 6.13. The summed E-state index contributed by atoms with van der Waals surface area (Å²) in [4.78, 5) is 24.8. The molecule has 0 aliphatic carbocycles. The van der Waals surface area contributed by atoms with E-state index in [-0.39, 0.29) is 5.91 Å². The minimum atomic E-state index is -1.02. The molecule has 22 heavy (non-hydrogen) atoms. The lowest BCUT2D eigenvalue weighted by molar-refractivity contribution is -0.115. The van der Waals surface area contributed by atoms with Gasteiger partial charge in [-0.05, 0) is 30.2 Å². The van der Waals surface area contributed by atoms with Crippen molar-refractivity contribution in [1.29, 1.82) is 0 Å². The van der Waals surface area contributed by atoms with Crippen molar-refractivity contribution in [3.05, 3.63) is 28.7 Å². The molecule has 1 saturated heterocycles. The van der Waals surface area contributed by atoms with E-state index in [0.717, 1.165) is 5.56 Å². The fourth-order valence-corrected chi connectivity index (χ4v) is 3.30. The predicted molar refractivity (Wildman–Crippen MR) is 88.2 cm³/mol. The summed E-state index contributed by atoms with van der Waals surface area (Å²) < 4.78 is 5.98. The number of carboxylic acid groups (broad SMARTS) is 1. The van der Waals surface area contributed by atoms with Crippen molar-refractivity contribution in [3.63, 3.8) is 0 Å². The number of nitrogens with zero attached hydrogens (tertiary/aromatic N) is 1. The molecule has 1 aromatic rings. The van der Waals surface area contributed by atoms with Gasteiger partial charge in [-0.25, -0.2) is 4.79 Å². The van der Waals surface area contributed by atoms with E-state index in [2.05, 4.69) is 5.32 Å². The van der Waals surface area contributed by atoms with E-state index in [1.54, 1.807) is 24.3 Å². The van der Waals surface area contributed by atoms with Crippen LogP contribution >= 0.6 is 24.0 Å². The first-order valence-corrected chi connectivity index (χ1v) is 7.79. The van der Waals surface area contributed by atoms with E-state index in [4.69, 9.17) is 17.0 Å². The minimum Gasteiger partial charge on any atom is -0.491 e. The second kappa shape index (κ2) is 5.98. The fourth-order valence-electron chi connectivity index (χ4n) is 2.25. The van der Waals surface area contributed by atoms with Gasteiger partial charge >= 0.3 is 6.09 Å². The van der Waals surface area contributed by atoms with Gasteiger partial charge in [0.05, 0.1) is 17.2 Å². The van der Waals surface area contributed by atoms with E-state index in [1.807, 2.05) is 0 Å². The monoisotopic (exact) mass is 336 g/mol. The van der Waals surface area contributed by atoms with Gasteiger partial charge in [0.15, 0.2) is 0 Å². The average molecular weight is 336 g/mol. The minimum absolute atomic E-state index is 0.240. The van der Waals surface area contributed by atoms with Crippen LogP contribution in [0.4, 0.5) is 10.5 Å². The summed E-state index contributed by atoms with van der Waals surface area (Å²) in [6.45, 7) is 0.853. The predicted octanol–water partition coefficient (Wildman–Crippen LogP) is 2.44. The second-order valence-electron chi connectivity index (χ2n) is 4.72. The number of hydrogen-bond donors (Lipinski definition) is 2. The summed E-state index contributed by atoms with van der Waals surface area (Å²) in [5.74, 6) is 0.289. The van der Waals surface area contributed by atoms with Gasteiger partial charge in [0.1, 0.15) is 10.1 Å². The molecule has 2 N–H and O–H groups in total. The highest BCUT2D eigenvalue weighted by molar-refractivity contribution is 8.26. The van der Waals surface area contributed by atoms with Crippen LogP contribution in [0.25, 0.3) is 6.08 Å². The Kier molecular flexibility index (Phi) is 4.04. The Bertz CT molecular complexity index is 702. The third-order valence-corrected chi connectivity index (χ3v) is 4.39. The second-order valence-corrected chi connectivity index (χ2v) is 6.43. The molecule has 1 fully saturated rings. The van der Waals surface area contributed by atoms with Crippen molar-refractivity contribution in [2.45, 2.75) is 6.42 Å². The number of thiocarbonyl (C=S) groups is 1. The van der Waals surface area contributed by atoms with Gasteiger partial charge in [-0.3, -0.25) is 9.69 Å². The summed E-state index contributed by atoms with van der Waals surface area (Å²) in [7, 11) is 0. The number of nitrogens with one attached hydrogen (secondary N) is 1. The summed E-state index contributed by atoms with van der Waals surface area (Å²) in [5.41, 5.74) is 1.21. The van der Waals surface area contributed by atoms with E-state index in [0.29, 0.717) is 40.2 Å². The quantitative estimate of drug-likeness (QED) is 0.606. The number of anilines is 1. The molecule has 0 atom stereocenters. The van der Waals surface area contributed by atoms with Gasteiger partial charge in [0.25, 0.3) is 5.91 Å². The van der Waals surface area contributed by atoms with E-state index < -0.39 is 6.09 Å². The van der Waals surface area contributed by atoms with Crippen LogP contribution in [-0.2, 0) is 4.79 Å². The Morgan fingerprint density at radius 3 is 3.00 bits per heavy atom. The number of fused-ring (bicyclic) bond motifs is 1. The third-order valence-electron chi connectivity index (χ3n) is 3.23. The van der Waals surface area contributed by atoms with Crippen molar-refractivity contribution in [2.24, 2.45) is 0 Å². The van der Waals surface area contributed by atoms with Crippen LogP contribution in [0.15, 0.2) is 23.1 Å². The SMILES string of the molecule is O=C1NC(=S)SC1=Cc1ccc2c(c1)N(C(=O)O)CCCO2. The lowest BCUT2D eigenvalue weighted by Gasteiger charge is -2.18.